The maximum absolute atomic E-state index is 10.6. The van der Waals surface area contributed by atoms with Crippen LogP contribution >= 0.6 is 0 Å². The van der Waals surface area contributed by atoms with Gasteiger partial charge in [-0.05, 0) is 0 Å². The third kappa shape index (κ3) is 1.24. The van der Waals surface area contributed by atoms with Gasteiger partial charge in [0.15, 0.2) is 11.9 Å². The lowest BCUT2D eigenvalue weighted by atomic mass is 10.1. The first-order chi connectivity index (χ1) is 7.81. The number of rotatable bonds is 2. The zero-order valence-corrected chi connectivity index (χ0v) is 8.43. The highest BCUT2D eigenvalue weighted by Gasteiger charge is 2.45. The first-order valence-corrected chi connectivity index (χ1v) is 4.99. The summed E-state index contributed by atoms with van der Waals surface area (Å²) in [7, 11) is 0. The van der Waals surface area contributed by atoms with E-state index in [0.717, 1.165) is 0 Å². The van der Waals surface area contributed by atoms with Crippen LogP contribution in [0.2, 0.25) is 0 Å². The molecule has 0 bridgehead atoms. The molecule has 2 unspecified atom stereocenters. The van der Waals surface area contributed by atoms with Crippen molar-refractivity contribution >= 4 is 0 Å². The van der Waals surface area contributed by atoms with E-state index >= 15 is 0 Å². The third-order valence-corrected chi connectivity index (χ3v) is 2.79. The Morgan fingerprint density at radius 2 is 2.06 bits per heavy atom. The number of hydrogen-bond acceptors (Lipinski definition) is 6. The Morgan fingerprint density at radius 3 is 2.75 bits per heavy atom. The van der Waals surface area contributed by atoms with Crippen molar-refractivity contribution in [1.82, 2.24) is 35.3 Å². The summed E-state index contributed by atoms with van der Waals surface area (Å²) in [5.41, 5.74) is -1.15. The van der Waals surface area contributed by atoms with Crippen LogP contribution in [0.3, 0.4) is 0 Å². The average Bonchev–Trinajstić information content (AvgIpc) is 2.99. The summed E-state index contributed by atoms with van der Waals surface area (Å²) >= 11 is 0. The molecule has 0 amide bonds. The highest BCUT2D eigenvalue weighted by molar-refractivity contribution is 4.92. The monoisotopic (exact) mass is 221 g/mol. The van der Waals surface area contributed by atoms with Gasteiger partial charge in [0.25, 0.3) is 0 Å². The Morgan fingerprint density at radius 1 is 1.25 bits per heavy atom. The molecule has 2 aromatic heterocycles. The minimum absolute atomic E-state index is 0.378. The van der Waals surface area contributed by atoms with Crippen LogP contribution in [-0.2, 0) is 5.72 Å². The summed E-state index contributed by atoms with van der Waals surface area (Å²) < 4.78 is 3.02. The van der Waals surface area contributed by atoms with Crippen molar-refractivity contribution < 1.29 is 5.11 Å². The van der Waals surface area contributed by atoms with E-state index in [2.05, 4.69) is 25.9 Å². The number of hydrogen-bond donors (Lipinski definition) is 2. The van der Waals surface area contributed by atoms with Gasteiger partial charge in [-0.15, -0.1) is 10.2 Å². The summed E-state index contributed by atoms with van der Waals surface area (Å²) in [4.78, 5) is 0. The van der Waals surface area contributed by atoms with Crippen molar-refractivity contribution in [2.45, 2.75) is 18.3 Å². The van der Waals surface area contributed by atoms with E-state index in [-0.39, 0.29) is 6.17 Å². The molecule has 8 nitrogen and oxygen atoms in total. The van der Waals surface area contributed by atoms with E-state index in [0.29, 0.717) is 13.0 Å². The molecule has 0 saturated carbocycles. The van der Waals surface area contributed by atoms with Crippen molar-refractivity contribution in [2.75, 3.05) is 6.54 Å². The molecule has 3 heterocycles. The molecule has 2 atom stereocenters. The normalized spacial score (nSPS) is 29.7. The molecule has 1 aliphatic rings. The second-order valence-corrected chi connectivity index (χ2v) is 3.72. The van der Waals surface area contributed by atoms with Gasteiger partial charge in [0.1, 0.15) is 0 Å². The Balaban J connectivity index is 2.00. The minimum Gasteiger partial charge on any atom is -0.366 e. The summed E-state index contributed by atoms with van der Waals surface area (Å²) in [5.74, 6) is 0. The minimum atomic E-state index is -1.15. The summed E-state index contributed by atoms with van der Waals surface area (Å²) in [5, 5.41) is 28.9. The van der Waals surface area contributed by atoms with Gasteiger partial charge < -0.3 is 5.11 Å². The molecule has 3 rings (SSSR count). The third-order valence-electron chi connectivity index (χ3n) is 2.79. The van der Waals surface area contributed by atoms with Crippen molar-refractivity contribution in [3.8, 4) is 0 Å². The summed E-state index contributed by atoms with van der Waals surface area (Å²) in [6.45, 7) is 0.681. The molecule has 16 heavy (non-hydrogen) atoms. The average molecular weight is 221 g/mol. The van der Waals surface area contributed by atoms with E-state index < -0.39 is 5.72 Å². The zero-order chi connectivity index (χ0) is 11.0. The predicted molar refractivity (Wildman–Crippen MR) is 51.9 cm³/mol. The number of nitrogens with one attached hydrogen (secondary N) is 1. The van der Waals surface area contributed by atoms with Crippen molar-refractivity contribution in [1.29, 1.82) is 0 Å². The van der Waals surface area contributed by atoms with Crippen LogP contribution in [0.1, 0.15) is 12.6 Å². The van der Waals surface area contributed by atoms with Gasteiger partial charge >= 0.3 is 0 Å². The van der Waals surface area contributed by atoms with Gasteiger partial charge in [-0.1, -0.05) is 10.4 Å². The maximum atomic E-state index is 10.6. The maximum Gasteiger partial charge on any atom is 0.196 e. The van der Waals surface area contributed by atoms with Gasteiger partial charge in [0.2, 0.25) is 0 Å². The Hall–Kier alpha value is -1.80. The highest BCUT2D eigenvalue weighted by atomic mass is 16.3. The molecular weight excluding hydrogens is 210 g/mol. The van der Waals surface area contributed by atoms with Crippen LogP contribution in [0.5, 0.6) is 0 Å². The van der Waals surface area contributed by atoms with Crippen LogP contribution in [0.4, 0.5) is 0 Å². The molecule has 0 spiro atoms. The molecule has 0 radical (unpaired) electrons. The van der Waals surface area contributed by atoms with Crippen LogP contribution in [0.25, 0.3) is 0 Å². The lowest BCUT2D eigenvalue weighted by Gasteiger charge is -2.28. The Labute approximate surface area is 90.9 Å². The van der Waals surface area contributed by atoms with Gasteiger partial charge in [-0.3, -0.25) is 5.32 Å². The molecular formula is C8H11N7O. The SMILES string of the molecule is OC1(n2ccnn2)CCNC1n1ccnn1. The second kappa shape index (κ2) is 3.35. The summed E-state index contributed by atoms with van der Waals surface area (Å²) in [6, 6.07) is 0. The van der Waals surface area contributed by atoms with Crippen LogP contribution in [0, 0.1) is 0 Å². The van der Waals surface area contributed by atoms with E-state index in [1.165, 1.54) is 10.9 Å². The van der Waals surface area contributed by atoms with Crippen molar-refractivity contribution in [3.05, 3.63) is 24.8 Å². The van der Waals surface area contributed by atoms with E-state index in [9.17, 15) is 5.11 Å². The zero-order valence-electron chi connectivity index (χ0n) is 8.43. The van der Waals surface area contributed by atoms with E-state index in [1.54, 1.807) is 23.3 Å². The van der Waals surface area contributed by atoms with Gasteiger partial charge in [-0.2, -0.15) is 0 Å². The largest absolute Gasteiger partial charge is 0.366 e. The lowest BCUT2D eigenvalue weighted by molar-refractivity contribution is -0.0857. The molecule has 1 aliphatic heterocycles. The molecule has 2 aromatic rings. The van der Waals surface area contributed by atoms with Gasteiger partial charge in [-0.25, -0.2) is 9.36 Å². The lowest BCUT2D eigenvalue weighted by Crippen LogP contribution is -2.42. The van der Waals surface area contributed by atoms with Gasteiger partial charge in [0.05, 0.1) is 12.4 Å². The van der Waals surface area contributed by atoms with Gasteiger partial charge in [0, 0.05) is 25.4 Å². The fourth-order valence-corrected chi connectivity index (χ4v) is 2.01. The fraction of sp³-hybridized carbons (Fsp3) is 0.500. The molecule has 0 aromatic carbocycles. The fourth-order valence-electron chi connectivity index (χ4n) is 2.01. The molecule has 0 aliphatic carbocycles. The smallest absolute Gasteiger partial charge is 0.196 e. The molecule has 84 valence electrons. The predicted octanol–water partition coefficient (Wildman–Crippen LogP) is -1.29. The molecule has 2 N–H and O–H groups in total. The number of nitrogens with zero attached hydrogens (tertiary/aromatic N) is 6. The molecule has 1 saturated heterocycles. The topological polar surface area (TPSA) is 93.7 Å². The number of aliphatic hydroxyl groups is 1. The quantitative estimate of drug-likeness (QED) is 0.655. The first-order valence-electron chi connectivity index (χ1n) is 4.99. The molecule has 8 heteroatoms. The van der Waals surface area contributed by atoms with Crippen LogP contribution in [0.15, 0.2) is 24.8 Å². The summed E-state index contributed by atoms with van der Waals surface area (Å²) in [6.07, 6.45) is 6.61. The van der Waals surface area contributed by atoms with Crippen molar-refractivity contribution in [2.24, 2.45) is 0 Å². The highest BCUT2D eigenvalue weighted by Crippen LogP contribution is 2.32. The van der Waals surface area contributed by atoms with E-state index in [1.807, 2.05) is 0 Å². The first kappa shape index (κ1) is 9.43. The standard InChI is InChI=1S/C8H11N7O/c16-8(15-6-4-11-13-15)1-2-9-7(8)14-5-3-10-12-14/h3-7,9,16H,1-2H2. The second-order valence-electron chi connectivity index (χ2n) is 3.72. The Bertz CT molecular complexity index is 453. The number of aromatic nitrogens is 6. The Kier molecular flexibility index (Phi) is 1.98. The van der Waals surface area contributed by atoms with Crippen molar-refractivity contribution in [3.63, 3.8) is 0 Å². The van der Waals surface area contributed by atoms with Crippen LogP contribution in [-0.4, -0.2) is 41.6 Å². The van der Waals surface area contributed by atoms with Crippen LogP contribution < -0.4 is 5.32 Å². The molecule has 1 fully saturated rings. The van der Waals surface area contributed by atoms with E-state index in [4.69, 9.17) is 0 Å².